The zero-order valence-corrected chi connectivity index (χ0v) is 12.1. The van der Waals surface area contributed by atoms with Gasteiger partial charge in [0, 0.05) is 13.7 Å². The Kier molecular flexibility index (Phi) is 8.54. The summed E-state index contributed by atoms with van der Waals surface area (Å²) in [5.41, 5.74) is 12.5. The van der Waals surface area contributed by atoms with E-state index in [4.69, 9.17) is 16.2 Å². The molecule has 0 spiro atoms. The number of rotatable bonds is 7. The lowest BCUT2D eigenvalue weighted by Gasteiger charge is -2.13. The number of benzene rings is 1. The first-order valence-corrected chi connectivity index (χ1v) is 5.92. The number of amides is 2. The van der Waals surface area contributed by atoms with Crippen LogP contribution < -0.4 is 16.8 Å². The number of halogens is 1. The Bertz CT molecular complexity index is 454. The molecule has 5 N–H and O–H groups in total. The van der Waals surface area contributed by atoms with Gasteiger partial charge in [0.1, 0.15) is 0 Å². The third-order valence-corrected chi connectivity index (χ3v) is 2.63. The van der Waals surface area contributed by atoms with Gasteiger partial charge in [-0.3, -0.25) is 9.59 Å². The topological polar surface area (TPSA) is 107 Å². The molecule has 1 rings (SSSR count). The molecular weight excluding hydrogens is 282 g/mol. The van der Waals surface area contributed by atoms with Crippen molar-refractivity contribution in [3.05, 3.63) is 35.4 Å². The van der Waals surface area contributed by atoms with Gasteiger partial charge in [-0.2, -0.15) is 0 Å². The van der Waals surface area contributed by atoms with E-state index in [1.165, 1.54) is 0 Å². The van der Waals surface area contributed by atoms with Gasteiger partial charge in [0.2, 0.25) is 11.8 Å². The maximum Gasteiger partial charge on any atom is 0.237 e. The molecule has 0 fully saturated rings. The molecule has 1 unspecified atom stereocenters. The van der Waals surface area contributed by atoms with E-state index in [0.29, 0.717) is 13.2 Å². The van der Waals surface area contributed by atoms with Crippen molar-refractivity contribution < 1.29 is 14.3 Å². The van der Waals surface area contributed by atoms with Crippen LogP contribution in [0, 0.1) is 0 Å². The highest BCUT2D eigenvalue weighted by Gasteiger charge is 2.15. The van der Waals surface area contributed by atoms with Gasteiger partial charge in [-0.15, -0.1) is 12.4 Å². The molecule has 0 aliphatic carbocycles. The molecule has 0 aliphatic heterocycles. The van der Waals surface area contributed by atoms with Gasteiger partial charge in [0.25, 0.3) is 0 Å². The maximum absolute atomic E-state index is 11.6. The van der Waals surface area contributed by atoms with Crippen LogP contribution in [0.5, 0.6) is 0 Å². The van der Waals surface area contributed by atoms with Crippen LogP contribution in [0.15, 0.2) is 24.3 Å². The first-order chi connectivity index (χ1) is 9.04. The molecule has 7 heteroatoms. The Morgan fingerprint density at radius 3 is 2.45 bits per heavy atom. The fourth-order valence-electron chi connectivity index (χ4n) is 1.65. The van der Waals surface area contributed by atoms with Gasteiger partial charge < -0.3 is 21.5 Å². The lowest BCUT2D eigenvalue weighted by atomic mass is 10.1. The van der Waals surface area contributed by atoms with Crippen LogP contribution in [-0.4, -0.2) is 25.0 Å². The highest BCUT2D eigenvalue weighted by molar-refractivity contribution is 5.87. The Labute approximate surface area is 124 Å². The van der Waals surface area contributed by atoms with E-state index >= 15 is 0 Å². The van der Waals surface area contributed by atoms with E-state index in [0.717, 1.165) is 11.1 Å². The number of primary amides is 1. The lowest BCUT2D eigenvalue weighted by Crippen LogP contribution is -2.42. The number of hydrogen-bond donors (Lipinski definition) is 3. The molecule has 6 nitrogen and oxygen atoms in total. The number of carbonyl (C=O) groups is 2. The molecule has 2 amide bonds. The smallest absolute Gasteiger partial charge is 0.237 e. The fourth-order valence-corrected chi connectivity index (χ4v) is 1.65. The van der Waals surface area contributed by atoms with E-state index < -0.39 is 17.9 Å². The molecule has 1 aromatic rings. The first-order valence-electron chi connectivity index (χ1n) is 5.92. The average Bonchev–Trinajstić information content (AvgIpc) is 2.37. The molecule has 20 heavy (non-hydrogen) atoms. The minimum absolute atomic E-state index is 0. The molecule has 0 saturated heterocycles. The van der Waals surface area contributed by atoms with Crippen molar-refractivity contribution in [1.82, 2.24) is 5.32 Å². The largest absolute Gasteiger partial charge is 0.380 e. The molecule has 112 valence electrons. The van der Waals surface area contributed by atoms with Crippen molar-refractivity contribution in [3.8, 4) is 0 Å². The summed E-state index contributed by atoms with van der Waals surface area (Å²) in [5, 5.41) is 2.68. The second-order valence-electron chi connectivity index (χ2n) is 4.20. The summed E-state index contributed by atoms with van der Waals surface area (Å²) in [6.07, 6.45) is -0.161. The van der Waals surface area contributed by atoms with Crippen molar-refractivity contribution >= 4 is 24.2 Å². The predicted octanol–water partition coefficient (Wildman–Crippen LogP) is 0.0737. The number of ether oxygens (including phenoxy) is 1. The zero-order chi connectivity index (χ0) is 14.3. The Morgan fingerprint density at radius 1 is 1.30 bits per heavy atom. The van der Waals surface area contributed by atoms with Gasteiger partial charge in [-0.25, -0.2) is 0 Å². The monoisotopic (exact) mass is 301 g/mol. The van der Waals surface area contributed by atoms with Crippen molar-refractivity contribution in [1.29, 1.82) is 0 Å². The van der Waals surface area contributed by atoms with Crippen molar-refractivity contribution in [2.24, 2.45) is 11.5 Å². The molecular formula is C13H20ClN3O3. The van der Waals surface area contributed by atoms with E-state index in [9.17, 15) is 9.59 Å². The van der Waals surface area contributed by atoms with Gasteiger partial charge in [-0.05, 0) is 11.1 Å². The Balaban J connectivity index is 0.00000361. The van der Waals surface area contributed by atoms with Crippen LogP contribution >= 0.6 is 12.4 Å². The second kappa shape index (κ2) is 9.30. The minimum atomic E-state index is -0.910. The molecule has 0 radical (unpaired) electrons. The molecule has 1 aromatic carbocycles. The SMILES string of the molecule is COCc1ccccc1CNC(=O)C(N)CC(N)=O.Cl. The Hall–Kier alpha value is -1.63. The van der Waals surface area contributed by atoms with Crippen LogP contribution in [0.3, 0.4) is 0 Å². The third kappa shape index (κ3) is 6.01. The van der Waals surface area contributed by atoms with Crippen LogP contribution in [0.25, 0.3) is 0 Å². The fraction of sp³-hybridized carbons (Fsp3) is 0.385. The van der Waals surface area contributed by atoms with E-state index in [1.807, 2.05) is 24.3 Å². The highest BCUT2D eigenvalue weighted by Crippen LogP contribution is 2.09. The van der Waals surface area contributed by atoms with Crippen molar-refractivity contribution in [2.45, 2.75) is 25.6 Å². The zero-order valence-electron chi connectivity index (χ0n) is 11.3. The Morgan fingerprint density at radius 2 is 1.90 bits per heavy atom. The molecule has 0 saturated carbocycles. The number of carbonyl (C=O) groups excluding carboxylic acids is 2. The predicted molar refractivity (Wildman–Crippen MR) is 78.0 cm³/mol. The van der Waals surface area contributed by atoms with Crippen LogP contribution in [0.1, 0.15) is 17.5 Å². The number of hydrogen-bond acceptors (Lipinski definition) is 4. The van der Waals surface area contributed by atoms with Gasteiger partial charge in [0.05, 0.1) is 19.1 Å². The average molecular weight is 302 g/mol. The van der Waals surface area contributed by atoms with E-state index in [1.54, 1.807) is 7.11 Å². The summed E-state index contributed by atoms with van der Waals surface area (Å²) in [6, 6.07) is 6.69. The summed E-state index contributed by atoms with van der Waals surface area (Å²) in [5.74, 6) is -0.992. The molecule has 0 aliphatic rings. The first kappa shape index (κ1) is 18.4. The maximum atomic E-state index is 11.6. The summed E-state index contributed by atoms with van der Waals surface area (Å²) < 4.78 is 5.08. The van der Waals surface area contributed by atoms with Crippen LogP contribution in [0.4, 0.5) is 0 Å². The lowest BCUT2D eigenvalue weighted by molar-refractivity contribution is -0.126. The van der Waals surface area contributed by atoms with Crippen molar-refractivity contribution in [2.75, 3.05) is 7.11 Å². The van der Waals surface area contributed by atoms with Crippen LogP contribution in [-0.2, 0) is 27.5 Å². The third-order valence-electron chi connectivity index (χ3n) is 2.63. The van der Waals surface area contributed by atoms with Gasteiger partial charge >= 0.3 is 0 Å². The summed E-state index contributed by atoms with van der Waals surface area (Å²) in [7, 11) is 1.61. The second-order valence-corrected chi connectivity index (χ2v) is 4.20. The summed E-state index contributed by atoms with van der Waals surface area (Å²) in [6.45, 7) is 0.810. The van der Waals surface area contributed by atoms with Gasteiger partial charge in [0.15, 0.2) is 0 Å². The quantitative estimate of drug-likeness (QED) is 0.662. The number of nitrogens with two attached hydrogens (primary N) is 2. The van der Waals surface area contributed by atoms with Crippen LogP contribution in [0.2, 0.25) is 0 Å². The summed E-state index contributed by atoms with van der Waals surface area (Å²) >= 11 is 0. The van der Waals surface area contributed by atoms with Gasteiger partial charge in [-0.1, -0.05) is 24.3 Å². The summed E-state index contributed by atoms with van der Waals surface area (Å²) in [4.78, 5) is 22.3. The van der Waals surface area contributed by atoms with E-state index in [2.05, 4.69) is 5.32 Å². The number of nitrogens with one attached hydrogen (secondary N) is 1. The normalized spacial score (nSPS) is 11.3. The minimum Gasteiger partial charge on any atom is -0.380 e. The molecule has 1 atom stereocenters. The molecule has 0 heterocycles. The standard InChI is InChI=1S/C13H19N3O3.ClH/c1-19-8-10-5-3-2-4-9(10)7-16-13(18)11(14)6-12(15)17;/h2-5,11H,6-8,14H2,1H3,(H2,15,17)(H,16,18);1H. The van der Waals surface area contributed by atoms with E-state index in [-0.39, 0.29) is 18.8 Å². The molecule has 0 bridgehead atoms. The van der Waals surface area contributed by atoms with Crippen molar-refractivity contribution in [3.63, 3.8) is 0 Å². The number of methoxy groups -OCH3 is 1. The highest BCUT2D eigenvalue weighted by atomic mass is 35.5. The molecule has 0 aromatic heterocycles.